The fraction of sp³-hybridized carbons (Fsp3) is 0.192. The molecule has 0 saturated heterocycles. The Hall–Kier alpha value is -2.67. The maximum Gasteiger partial charge on any atom is 0.407 e. The molecule has 0 spiro atoms. The Balaban J connectivity index is 1.64. The second kappa shape index (κ2) is 14.0. The van der Waals surface area contributed by atoms with Gasteiger partial charge < -0.3 is 14.8 Å². The van der Waals surface area contributed by atoms with Crippen LogP contribution in [0.5, 0.6) is 5.75 Å². The number of nitrogens with one attached hydrogen (secondary N) is 2. The summed E-state index contributed by atoms with van der Waals surface area (Å²) in [5, 5.41) is 6.70. The summed E-state index contributed by atoms with van der Waals surface area (Å²) in [6, 6.07) is 22.4. The van der Waals surface area contributed by atoms with Crippen molar-refractivity contribution < 1.29 is 19.1 Å². The smallest absolute Gasteiger partial charge is 0.407 e. The lowest BCUT2D eigenvalue weighted by Gasteiger charge is -2.17. The van der Waals surface area contributed by atoms with Crippen molar-refractivity contribution in [1.29, 1.82) is 0 Å². The van der Waals surface area contributed by atoms with Gasteiger partial charge in [-0.1, -0.05) is 60.7 Å². The highest BCUT2D eigenvalue weighted by Gasteiger charge is 2.21. The van der Waals surface area contributed by atoms with E-state index in [1.807, 2.05) is 72.8 Å². The van der Waals surface area contributed by atoms with Crippen LogP contribution in [0.15, 0.2) is 77.9 Å². The van der Waals surface area contributed by atoms with Crippen LogP contribution < -0.4 is 15.5 Å². The topological polar surface area (TPSA) is 89.0 Å². The minimum atomic E-state index is -0.831. The second-order valence-corrected chi connectivity index (χ2v) is 9.75. The van der Waals surface area contributed by atoms with Gasteiger partial charge in [-0.05, 0) is 80.9 Å². The van der Waals surface area contributed by atoms with Crippen LogP contribution in [0.4, 0.5) is 4.79 Å². The van der Waals surface area contributed by atoms with Crippen molar-refractivity contribution in [1.82, 2.24) is 10.7 Å². The van der Waals surface area contributed by atoms with Gasteiger partial charge in [0.25, 0.3) is 5.91 Å². The lowest BCUT2D eigenvalue weighted by Crippen LogP contribution is -2.47. The van der Waals surface area contributed by atoms with Crippen LogP contribution in [0, 0.1) is 7.14 Å². The zero-order valence-corrected chi connectivity index (χ0v) is 23.4. The molecule has 2 N–H and O–H groups in total. The number of nitrogens with zero attached hydrogens (tertiary/aromatic N) is 1. The van der Waals surface area contributed by atoms with Gasteiger partial charge in [0.15, 0.2) is 0 Å². The van der Waals surface area contributed by atoms with E-state index in [4.69, 9.17) is 9.47 Å². The first-order valence-corrected chi connectivity index (χ1v) is 13.1. The Morgan fingerprint density at radius 1 is 0.971 bits per heavy atom. The Morgan fingerprint density at radius 3 is 2.17 bits per heavy atom. The molecule has 3 aromatic rings. The number of carbonyl (C=O) groups is 2. The summed E-state index contributed by atoms with van der Waals surface area (Å²) in [4.78, 5) is 24.7. The monoisotopic (exact) mass is 697 g/mol. The van der Waals surface area contributed by atoms with Gasteiger partial charge in [-0.3, -0.25) is 4.79 Å². The molecule has 0 aliphatic carbocycles. The van der Waals surface area contributed by atoms with Crippen LogP contribution in [0.25, 0.3) is 0 Å². The Labute approximate surface area is 232 Å². The first-order valence-electron chi connectivity index (χ1n) is 10.9. The zero-order chi connectivity index (χ0) is 25.0. The number of benzene rings is 3. The molecule has 0 fully saturated rings. The first-order chi connectivity index (χ1) is 17.0. The molecule has 3 aromatic carbocycles. The average Bonchev–Trinajstić information content (AvgIpc) is 2.84. The molecule has 0 heterocycles. The van der Waals surface area contributed by atoms with Crippen LogP contribution in [0.1, 0.15) is 23.6 Å². The van der Waals surface area contributed by atoms with Gasteiger partial charge in [-0.2, -0.15) is 5.10 Å². The fourth-order valence-corrected chi connectivity index (χ4v) is 5.27. The van der Waals surface area contributed by atoms with Gasteiger partial charge in [0.05, 0.1) is 20.0 Å². The zero-order valence-electron chi connectivity index (χ0n) is 19.0. The van der Waals surface area contributed by atoms with Crippen molar-refractivity contribution in [2.75, 3.05) is 6.61 Å². The van der Waals surface area contributed by atoms with E-state index in [0.717, 1.165) is 29.6 Å². The third-order valence-corrected chi connectivity index (χ3v) is 6.40. The van der Waals surface area contributed by atoms with Crippen LogP contribution in [-0.4, -0.2) is 30.9 Å². The SMILES string of the molecule is CCOC(=O)N[C@H](Cc1ccccc1)C(=O)N/N=C\c1cc(I)c(OCc2ccccc2)c(I)c1. The molecule has 0 saturated carbocycles. The van der Waals surface area contributed by atoms with Crippen molar-refractivity contribution in [2.24, 2.45) is 5.10 Å². The number of alkyl carbamates (subject to hydrolysis) is 1. The number of halogens is 2. The van der Waals surface area contributed by atoms with Crippen molar-refractivity contribution in [3.8, 4) is 5.75 Å². The molecule has 182 valence electrons. The van der Waals surface area contributed by atoms with E-state index in [0.29, 0.717) is 13.0 Å². The van der Waals surface area contributed by atoms with Gasteiger partial charge in [-0.15, -0.1) is 0 Å². The Bertz CT molecular complexity index is 1130. The minimum absolute atomic E-state index is 0.214. The number of hydrazone groups is 1. The molecule has 0 aromatic heterocycles. The number of ether oxygens (including phenoxy) is 2. The molecule has 0 bridgehead atoms. The van der Waals surface area contributed by atoms with Crippen molar-refractivity contribution in [2.45, 2.75) is 26.0 Å². The van der Waals surface area contributed by atoms with E-state index in [2.05, 4.69) is 61.0 Å². The summed E-state index contributed by atoms with van der Waals surface area (Å²) < 4.78 is 12.8. The molecule has 0 radical (unpaired) electrons. The van der Waals surface area contributed by atoms with E-state index in [9.17, 15) is 9.59 Å². The average molecular weight is 697 g/mol. The van der Waals surface area contributed by atoms with E-state index < -0.39 is 18.0 Å². The highest BCUT2D eigenvalue weighted by atomic mass is 127. The number of amides is 2. The third kappa shape index (κ3) is 8.80. The van der Waals surface area contributed by atoms with Gasteiger partial charge in [-0.25, -0.2) is 10.2 Å². The standard InChI is InChI=1S/C26H25I2N3O4/c1-2-34-26(33)30-23(15-18-9-5-3-6-10-18)25(32)31-29-16-20-13-21(27)24(22(28)14-20)35-17-19-11-7-4-8-12-19/h3-14,16,23H,2,15,17H2,1H3,(H,30,33)(H,31,32)/b29-16-/t23-/m1/s1. The molecule has 35 heavy (non-hydrogen) atoms. The Morgan fingerprint density at radius 2 is 1.57 bits per heavy atom. The number of rotatable bonds is 10. The maximum absolute atomic E-state index is 12.8. The molecule has 7 nitrogen and oxygen atoms in total. The predicted molar refractivity (Wildman–Crippen MR) is 152 cm³/mol. The van der Waals surface area contributed by atoms with Crippen molar-refractivity contribution >= 4 is 63.4 Å². The van der Waals surface area contributed by atoms with E-state index in [1.165, 1.54) is 0 Å². The number of carbonyl (C=O) groups excluding carboxylic acids is 2. The highest BCUT2D eigenvalue weighted by molar-refractivity contribution is 14.1. The molecular weight excluding hydrogens is 672 g/mol. The predicted octanol–water partition coefficient (Wildman–Crippen LogP) is 5.28. The van der Waals surface area contributed by atoms with E-state index in [1.54, 1.807) is 13.1 Å². The number of hydrogen-bond acceptors (Lipinski definition) is 5. The van der Waals surface area contributed by atoms with Crippen LogP contribution in [0.2, 0.25) is 0 Å². The molecular formula is C26H25I2N3O4. The summed E-state index contributed by atoms with van der Waals surface area (Å²) in [6.07, 6.45) is 1.22. The van der Waals surface area contributed by atoms with Gasteiger partial charge in [0.1, 0.15) is 18.4 Å². The number of hydrogen-bond donors (Lipinski definition) is 2. The fourth-order valence-electron chi connectivity index (χ4n) is 3.14. The largest absolute Gasteiger partial charge is 0.487 e. The summed E-state index contributed by atoms with van der Waals surface area (Å²) in [5.41, 5.74) is 5.33. The summed E-state index contributed by atoms with van der Waals surface area (Å²) in [5.74, 6) is 0.364. The minimum Gasteiger partial charge on any atom is -0.487 e. The quantitative estimate of drug-likeness (QED) is 0.172. The molecule has 1 atom stereocenters. The molecule has 0 unspecified atom stereocenters. The van der Waals surface area contributed by atoms with Crippen molar-refractivity contribution in [3.05, 3.63) is 96.6 Å². The maximum atomic E-state index is 12.8. The van der Waals surface area contributed by atoms with Crippen LogP contribution in [0.3, 0.4) is 0 Å². The van der Waals surface area contributed by atoms with Crippen molar-refractivity contribution in [3.63, 3.8) is 0 Å². The normalized spacial score (nSPS) is 11.6. The van der Waals surface area contributed by atoms with Crippen LogP contribution >= 0.6 is 45.2 Å². The van der Waals surface area contributed by atoms with Crippen LogP contribution in [-0.2, 0) is 22.6 Å². The molecule has 0 aliphatic heterocycles. The Kier molecular flexibility index (Phi) is 10.8. The van der Waals surface area contributed by atoms with E-state index >= 15 is 0 Å². The summed E-state index contributed by atoms with van der Waals surface area (Å²) in [7, 11) is 0. The van der Waals surface area contributed by atoms with Gasteiger partial charge >= 0.3 is 6.09 Å². The highest BCUT2D eigenvalue weighted by Crippen LogP contribution is 2.29. The molecule has 2 amide bonds. The van der Waals surface area contributed by atoms with Gasteiger partial charge in [0, 0.05) is 6.42 Å². The molecule has 0 aliphatic rings. The third-order valence-electron chi connectivity index (χ3n) is 4.80. The lowest BCUT2D eigenvalue weighted by molar-refractivity contribution is -0.123. The molecule has 9 heteroatoms. The lowest BCUT2D eigenvalue weighted by atomic mass is 10.1. The second-order valence-electron chi connectivity index (χ2n) is 7.43. The van der Waals surface area contributed by atoms with E-state index in [-0.39, 0.29) is 6.61 Å². The van der Waals surface area contributed by atoms with Gasteiger partial charge in [0.2, 0.25) is 0 Å². The molecule has 3 rings (SSSR count). The summed E-state index contributed by atoms with van der Waals surface area (Å²) >= 11 is 4.45. The summed E-state index contributed by atoms with van der Waals surface area (Å²) in [6.45, 7) is 2.40. The first kappa shape index (κ1) is 26.9.